The normalized spacial score (nSPS) is 18.8. The van der Waals surface area contributed by atoms with Crippen LogP contribution in [0, 0.1) is 5.82 Å². The topological polar surface area (TPSA) is 15.3 Å². The highest BCUT2D eigenvalue weighted by atomic mass is 19.4. The fourth-order valence-electron chi connectivity index (χ4n) is 2.52. The molecule has 1 atom stereocenters. The van der Waals surface area contributed by atoms with Crippen LogP contribution >= 0.6 is 0 Å². The van der Waals surface area contributed by atoms with Gasteiger partial charge in [-0.2, -0.15) is 13.2 Å². The highest BCUT2D eigenvalue weighted by Crippen LogP contribution is 2.38. The summed E-state index contributed by atoms with van der Waals surface area (Å²) in [5.41, 5.74) is -1.27. The molecule has 0 spiro atoms. The van der Waals surface area contributed by atoms with Crippen LogP contribution in [0.25, 0.3) is 0 Å². The predicted molar refractivity (Wildman–Crippen MR) is 68.8 cm³/mol. The molecule has 1 aliphatic heterocycles. The zero-order valence-corrected chi connectivity index (χ0v) is 10.9. The van der Waals surface area contributed by atoms with Gasteiger partial charge in [-0.3, -0.25) is 4.90 Å². The Balaban J connectivity index is 2.44. The van der Waals surface area contributed by atoms with E-state index in [1.54, 1.807) is 0 Å². The number of halogens is 4. The molecular weight excluding hydrogens is 272 g/mol. The second-order valence-corrected chi connectivity index (χ2v) is 4.67. The summed E-state index contributed by atoms with van der Waals surface area (Å²) in [5, 5.41) is 3.13. The molecule has 1 aromatic rings. The third kappa shape index (κ3) is 3.02. The van der Waals surface area contributed by atoms with Crippen LogP contribution in [-0.4, -0.2) is 31.1 Å². The van der Waals surface area contributed by atoms with E-state index in [1.807, 2.05) is 4.90 Å². The van der Waals surface area contributed by atoms with Gasteiger partial charge in [-0.15, -0.1) is 6.58 Å². The van der Waals surface area contributed by atoms with Crippen molar-refractivity contribution < 1.29 is 17.6 Å². The van der Waals surface area contributed by atoms with E-state index in [2.05, 4.69) is 11.9 Å². The van der Waals surface area contributed by atoms with Crippen LogP contribution in [0.2, 0.25) is 0 Å². The molecule has 2 nitrogen and oxygen atoms in total. The van der Waals surface area contributed by atoms with Crippen molar-refractivity contribution in [3.05, 3.63) is 47.8 Å². The van der Waals surface area contributed by atoms with Gasteiger partial charge in [-0.25, -0.2) is 4.39 Å². The highest BCUT2D eigenvalue weighted by Gasteiger charge is 2.39. The van der Waals surface area contributed by atoms with Crippen LogP contribution in [0.3, 0.4) is 0 Å². The lowest BCUT2D eigenvalue weighted by atomic mass is 9.97. The minimum Gasteiger partial charge on any atom is -0.314 e. The first-order valence-corrected chi connectivity index (χ1v) is 6.38. The average Bonchev–Trinajstić information content (AvgIpc) is 2.39. The van der Waals surface area contributed by atoms with Crippen molar-refractivity contribution in [2.45, 2.75) is 12.2 Å². The molecule has 0 aromatic heterocycles. The van der Waals surface area contributed by atoms with Gasteiger partial charge >= 0.3 is 6.18 Å². The Bertz CT molecular complexity index is 479. The molecule has 1 aromatic carbocycles. The largest absolute Gasteiger partial charge is 0.419 e. The molecular formula is C14H16F4N2. The van der Waals surface area contributed by atoms with Gasteiger partial charge in [0, 0.05) is 26.2 Å². The van der Waals surface area contributed by atoms with Gasteiger partial charge in [0.15, 0.2) is 0 Å². The molecule has 6 heteroatoms. The van der Waals surface area contributed by atoms with E-state index in [4.69, 9.17) is 0 Å². The smallest absolute Gasteiger partial charge is 0.314 e. The molecule has 1 N–H and O–H groups in total. The number of rotatable bonds is 3. The van der Waals surface area contributed by atoms with Crippen molar-refractivity contribution in [3.8, 4) is 0 Å². The molecule has 0 unspecified atom stereocenters. The second-order valence-electron chi connectivity index (χ2n) is 4.67. The average molecular weight is 288 g/mol. The second kappa shape index (κ2) is 5.93. The van der Waals surface area contributed by atoms with E-state index in [1.165, 1.54) is 18.2 Å². The molecule has 0 aliphatic carbocycles. The van der Waals surface area contributed by atoms with Crippen molar-refractivity contribution >= 4 is 0 Å². The maximum atomic E-state index is 13.6. The summed E-state index contributed by atoms with van der Waals surface area (Å²) in [7, 11) is 0. The van der Waals surface area contributed by atoms with E-state index < -0.39 is 23.6 Å². The third-order valence-corrected chi connectivity index (χ3v) is 3.42. The summed E-state index contributed by atoms with van der Waals surface area (Å²) < 4.78 is 52.8. The van der Waals surface area contributed by atoms with Gasteiger partial charge in [-0.05, 0) is 11.6 Å². The number of alkyl halides is 3. The Morgan fingerprint density at radius 3 is 2.45 bits per heavy atom. The lowest BCUT2D eigenvalue weighted by Crippen LogP contribution is -2.45. The van der Waals surface area contributed by atoms with Crippen molar-refractivity contribution in [2.24, 2.45) is 0 Å². The van der Waals surface area contributed by atoms with Gasteiger partial charge in [0.05, 0.1) is 11.6 Å². The van der Waals surface area contributed by atoms with E-state index in [0.717, 1.165) is 6.07 Å². The standard InChI is InChI=1S/C14H16F4N2/c1-2-12(20-8-6-19-7-9-20)10-4-3-5-11(15)13(10)14(16,17)18/h2-5,12,19H,1,6-9H2/t12-/m0/s1. The molecule has 0 radical (unpaired) electrons. The highest BCUT2D eigenvalue weighted by molar-refractivity contribution is 5.36. The van der Waals surface area contributed by atoms with Crippen molar-refractivity contribution in [2.75, 3.05) is 26.2 Å². The molecule has 1 aliphatic rings. The number of benzene rings is 1. The molecule has 0 amide bonds. The molecule has 2 rings (SSSR count). The maximum Gasteiger partial charge on any atom is 0.419 e. The quantitative estimate of drug-likeness (QED) is 0.679. The molecule has 1 saturated heterocycles. The Morgan fingerprint density at radius 1 is 1.25 bits per heavy atom. The predicted octanol–water partition coefficient (Wildman–Crippen LogP) is 2.98. The van der Waals surface area contributed by atoms with Crippen LogP contribution in [0.15, 0.2) is 30.9 Å². The van der Waals surface area contributed by atoms with Gasteiger partial charge in [-0.1, -0.05) is 18.2 Å². The SMILES string of the molecule is C=C[C@@H](c1cccc(F)c1C(F)(F)F)N1CCNCC1. The van der Waals surface area contributed by atoms with Crippen LogP contribution in [-0.2, 0) is 6.18 Å². The Kier molecular flexibility index (Phi) is 4.45. The van der Waals surface area contributed by atoms with Crippen LogP contribution < -0.4 is 5.32 Å². The van der Waals surface area contributed by atoms with Gasteiger partial charge in [0.1, 0.15) is 5.82 Å². The Hall–Kier alpha value is -1.40. The minimum atomic E-state index is -4.71. The first kappa shape index (κ1) is 15.0. The fourth-order valence-corrected chi connectivity index (χ4v) is 2.52. The van der Waals surface area contributed by atoms with Crippen LogP contribution in [0.5, 0.6) is 0 Å². The van der Waals surface area contributed by atoms with E-state index in [9.17, 15) is 17.6 Å². The van der Waals surface area contributed by atoms with Gasteiger partial charge in [0.2, 0.25) is 0 Å². The van der Waals surface area contributed by atoms with E-state index >= 15 is 0 Å². The summed E-state index contributed by atoms with van der Waals surface area (Å²) in [6, 6.07) is 2.83. The summed E-state index contributed by atoms with van der Waals surface area (Å²) in [4.78, 5) is 1.87. The number of piperazine rings is 1. The number of nitrogens with one attached hydrogen (secondary N) is 1. The molecule has 110 valence electrons. The molecule has 20 heavy (non-hydrogen) atoms. The zero-order chi connectivity index (χ0) is 14.8. The number of hydrogen-bond donors (Lipinski definition) is 1. The van der Waals surface area contributed by atoms with Gasteiger partial charge in [0.25, 0.3) is 0 Å². The maximum absolute atomic E-state index is 13.6. The number of nitrogens with zero attached hydrogens (tertiary/aromatic N) is 1. The van der Waals surface area contributed by atoms with Crippen molar-refractivity contribution in [1.82, 2.24) is 10.2 Å². The molecule has 1 fully saturated rings. The molecule has 1 heterocycles. The minimum absolute atomic E-state index is 0.0746. The molecule has 0 saturated carbocycles. The Morgan fingerprint density at radius 2 is 1.90 bits per heavy atom. The Labute approximate surface area is 115 Å². The summed E-state index contributed by atoms with van der Waals surface area (Å²) in [5.74, 6) is -1.24. The van der Waals surface area contributed by atoms with E-state index in [0.29, 0.717) is 26.2 Å². The first-order chi connectivity index (χ1) is 9.45. The van der Waals surface area contributed by atoms with Crippen molar-refractivity contribution in [3.63, 3.8) is 0 Å². The molecule has 0 bridgehead atoms. The summed E-state index contributed by atoms with van der Waals surface area (Å²) in [6.45, 7) is 6.21. The van der Waals surface area contributed by atoms with E-state index in [-0.39, 0.29) is 5.56 Å². The monoisotopic (exact) mass is 288 g/mol. The van der Waals surface area contributed by atoms with Crippen molar-refractivity contribution in [1.29, 1.82) is 0 Å². The van der Waals surface area contributed by atoms with Crippen LogP contribution in [0.4, 0.5) is 17.6 Å². The summed E-state index contributed by atoms with van der Waals surface area (Å²) in [6.07, 6.45) is -3.27. The zero-order valence-electron chi connectivity index (χ0n) is 10.9. The number of hydrogen-bond acceptors (Lipinski definition) is 2. The summed E-state index contributed by atoms with van der Waals surface area (Å²) >= 11 is 0. The first-order valence-electron chi connectivity index (χ1n) is 6.38. The third-order valence-electron chi connectivity index (χ3n) is 3.42. The lowest BCUT2D eigenvalue weighted by molar-refractivity contribution is -0.141. The lowest BCUT2D eigenvalue weighted by Gasteiger charge is -2.34. The van der Waals surface area contributed by atoms with Gasteiger partial charge < -0.3 is 5.32 Å². The fraction of sp³-hybridized carbons (Fsp3) is 0.429. The van der Waals surface area contributed by atoms with Crippen LogP contribution in [0.1, 0.15) is 17.2 Å².